The van der Waals surface area contributed by atoms with Crippen LogP contribution in [-0.4, -0.2) is 27.6 Å². The first kappa shape index (κ1) is 13.1. The molecule has 0 radical (unpaired) electrons. The van der Waals surface area contributed by atoms with Crippen molar-refractivity contribution in [1.29, 1.82) is 0 Å². The van der Waals surface area contributed by atoms with E-state index in [-0.39, 0.29) is 5.91 Å². The highest BCUT2D eigenvalue weighted by Gasteiger charge is 2.10. The average Bonchev–Trinajstić information content (AvgIpc) is 2.88. The first-order chi connectivity index (χ1) is 10.2. The van der Waals surface area contributed by atoms with Gasteiger partial charge in [-0.25, -0.2) is 9.50 Å². The van der Waals surface area contributed by atoms with Gasteiger partial charge in [-0.3, -0.25) is 4.79 Å². The van der Waals surface area contributed by atoms with Crippen LogP contribution in [-0.2, 0) is 0 Å². The van der Waals surface area contributed by atoms with Crippen molar-refractivity contribution in [3.8, 4) is 5.75 Å². The maximum Gasteiger partial charge on any atom is 0.255 e. The lowest BCUT2D eigenvalue weighted by Crippen LogP contribution is -2.12. The zero-order valence-corrected chi connectivity index (χ0v) is 11.7. The molecule has 1 amide bonds. The number of nitrogens with one attached hydrogen (secondary N) is 1. The number of hydrogen-bond donors (Lipinski definition) is 1. The van der Waals surface area contributed by atoms with Crippen LogP contribution in [0, 0.1) is 6.92 Å². The number of rotatable bonds is 3. The molecule has 6 heteroatoms. The third-order valence-electron chi connectivity index (χ3n) is 3.07. The van der Waals surface area contributed by atoms with Gasteiger partial charge in [-0.1, -0.05) is 0 Å². The Bertz CT molecular complexity index is 793. The van der Waals surface area contributed by atoms with Gasteiger partial charge in [0.1, 0.15) is 11.6 Å². The highest BCUT2D eigenvalue weighted by Crippen LogP contribution is 2.17. The van der Waals surface area contributed by atoms with Crippen LogP contribution >= 0.6 is 0 Å². The molecule has 2 aromatic heterocycles. The molecular weight excluding hydrogens is 268 g/mol. The lowest BCUT2D eigenvalue weighted by Gasteiger charge is -2.06. The van der Waals surface area contributed by atoms with Crippen molar-refractivity contribution in [1.82, 2.24) is 14.6 Å². The lowest BCUT2D eigenvalue weighted by molar-refractivity contribution is 0.102. The molecule has 1 N–H and O–H groups in total. The molecule has 0 saturated heterocycles. The largest absolute Gasteiger partial charge is 0.497 e. The molecule has 0 aliphatic heterocycles. The molecule has 0 spiro atoms. The summed E-state index contributed by atoms with van der Waals surface area (Å²) in [6, 6.07) is 10.5. The van der Waals surface area contributed by atoms with E-state index < -0.39 is 0 Å². The fourth-order valence-electron chi connectivity index (χ4n) is 2.05. The van der Waals surface area contributed by atoms with Gasteiger partial charge in [-0.05, 0) is 43.3 Å². The summed E-state index contributed by atoms with van der Waals surface area (Å²) >= 11 is 0. The van der Waals surface area contributed by atoms with Crippen LogP contribution in [0.15, 0.2) is 42.6 Å². The summed E-state index contributed by atoms with van der Waals surface area (Å²) in [5, 5.41) is 7.06. The van der Waals surface area contributed by atoms with E-state index in [0.717, 1.165) is 0 Å². The van der Waals surface area contributed by atoms with Crippen molar-refractivity contribution >= 4 is 17.2 Å². The molecule has 0 aliphatic carbocycles. The van der Waals surface area contributed by atoms with Crippen molar-refractivity contribution in [2.24, 2.45) is 0 Å². The van der Waals surface area contributed by atoms with Crippen molar-refractivity contribution < 1.29 is 9.53 Å². The second-order valence-corrected chi connectivity index (χ2v) is 4.53. The summed E-state index contributed by atoms with van der Waals surface area (Å²) in [6.07, 6.45) is 1.79. The Hall–Kier alpha value is -2.89. The number of fused-ring (bicyclic) bond motifs is 1. The second kappa shape index (κ2) is 5.24. The number of ether oxygens (including phenoxy) is 1. The molecular formula is C15H14N4O2. The second-order valence-electron chi connectivity index (χ2n) is 4.53. The predicted octanol–water partition coefficient (Wildman–Crippen LogP) is 2.30. The molecule has 0 saturated carbocycles. The van der Waals surface area contributed by atoms with E-state index in [2.05, 4.69) is 15.4 Å². The summed E-state index contributed by atoms with van der Waals surface area (Å²) in [5.74, 6) is 1.16. The van der Waals surface area contributed by atoms with Crippen LogP contribution in [0.5, 0.6) is 5.75 Å². The molecule has 0 bridgehead atoms. The number of amides is 1. The summed E-state index contributed by atoms with van der Waals surface area (Å²) < 4.78 is 6.71. The number of aryl methyl sites for hydroxylation is 1. The third kappa shape index (κ3) is 2.55. The van der Waals surface area contributed by atoms with Crippen LogP contribution < -0.4 is 10.1 Å². The Kier molecular flexibility index (Phi) is 3.27. The van der Waals surface area contributed by atoms with Gasteiger partial charge in [0.05, 0.1) is 12.8 Å². The fraction of sp³-hybridized carbons (Fsp3) is 0.133. The van der Waals surface area contributed by atoms with Gasteiger partial charge in [0, 0.05) is 11.8 Å². The van der Waals surface area contributed by atoms with E-state index in [1.165, 1.54) is 0 Å². The minimum absolute atomic E-state index is 0.202. The van der Waals surface area contributed by atoms with Gasteiger partial charge in [-0.2, -0.15) is 5.10 Å². The number of carbonyl (C=O) groups excluding carboxylic acids is 1. The van der Waals surface area contributed by atoms with Gasteiger partial charge < -0.3 is 10.1 Å². The molecule has 0 atom stereocenters. The molecule has 1 aromatic carbocycles. The Morgan fingerprint density at radius 3 is 2.71 bits per heavy atom. The van der Waals surface area contributed by atoms with E-state index in [1.54, 1.807) is 48.2 Å². The van der Waals surface area contributed by atoms with Crippen LogP contribution in [0.25, 0.3) is 5.65 Å². The topological polar surface area (TPSA) is 68.5 Å². The maximum absolute atomic E-state index is 12.3. The van der Waals surface area contributed by atoms with E-state index in [9.17, 15) is 4.79 Å². The van der Waals surface area contributed by atoms with Gasteiger partial charge >= 0.3 is 0 Å². The minimum atomic E-state index is -0.202. The maximum atomic E-state index is 12.3. The highest BCUT2D eigenvalue weighted by molar-refractivity contribution is 6.06. The molecule has 3 rings (SSSR count). The van der Waals surface area contributed by atoms with Crippen molar-refractivity contribution in [3.05, 3.63) is 54.0 Å². The van der Waals surface area contributed by atoms with E-state index in [1.807, 2.05) is 13.0 Å². The summed E-state index contributed by atoms with van der Waals surface area (Å²) in [6.45, 7) is 1.81. The molecule has 0 fully saturated rings. The smallest absolute Gasteiger partial charge is 0.255 e. The summed E-state index contributed by atoms with van der Waals surface area (Å²) in [4.78, 5) is 16.6. The van der Waals surface area contributed by atoms with Gasteiger partial charge in [0.25, 0.3) is 5.91 Å². The Labute approximate surface area is 121 Å². The van der Waals surface area contributed by atoms with Crippen molar-refractivity contribution in [3.63, 3.8) is 0 Å². The molecule has 0 aliphatic rings. The fourth-order valence-corrected chi connectivity index (χ4v) is 2.05. The first-order valence-corrected chi connectivity index (χ1v) is 6.45. The summed E-state index contributed by atoms with van der Waals surface area (Å²) in [7, 11) is 1.59. The minimum Gasteiger partial charge on any atom is -0.497 e. The summed E-state index contributed by atoms with van der Waals surface area (Å²) in [5.41, 5.74) is 1.80. The normalized spacial score (nSPS) is 10.6. The number of pyridine rings is 1. The van der Waals surface area contributed by atoms with Crippen LogP contribution in [0.2, 0.25) is 0 Å². The zero-order chi connectivity index (χ0) is 14.8. The number of carbonyl (C=O) groups is 1. The molecule has 3 aromatic rings. The van der Waals surface area contributed by atoms with Gasteiger partial charge in [0.15, 0.2) is 5.65 Å². The number of aromatic nitrogens is 3. The van der Waals surface area contributed by atoms with E-state index in [0.29, 0.717) is 28.5 Å². The number of methoxy groups -OCH3 is 1. The van der Waals surface area contributed by atoms with Gasteiger partial charge in [0.2, 0.25) is 0 Å². The van der Waals surface area contributed by atoms with E-state index >= 15 is 0 Å². The number of benzene rings is 1. The van der Waals surface area contributed by atoms with E-state index in [4.69, 9.17) is 4.74 Å². The lowest BCUT2D eigenvalue weighted by atomic mass is 10.2. The van der Waals surface area contributed by atoms with Crippen LogP contribution in [0.4, 0.5) is 5.69 Å². The molecule has 2 heterocycles. The SMILES string of the molecule is COc1ccc(C(=O)Nc2cccn3nc(C)nc23)cc1. The monoisotopic (exact) mass is 282 g/mol. The van der Waals surface area contributed by atoms with Crippen LogP contribution in [0.3, 0.4) is 0 Å². The molecule has 106 valence electrons. The standard InChI is InChI=1S/C15H14N4O2/c1-10-16-14-13(4-3-9-19(14)18-10)17-15(20)11-5-7-12(21-2)8-6-11/h3-9H,1-2H3,(H,17,20). The molecule has 21 heavy (non-hydrogen) atoms. The molecule has 6 nitrogen and oxygen atoms in total. The first-order valence-electron chi connectivity index (χ1n) is 6.45. The quantitative estimate of drug-likeness (QED) is 0.800. The number of anilines is 1. The highest BCUT2D eigenvalue weighted by atomic mass is 16.5. The Morgan fingerprint density at radius 1 is 1.24 bits per heavy atom. The van der Waals surface area contributed by atoms with Gasteiger partial charge in [-0.15, -0.1) is 0 Å². The Morgan fingerprint density at radius 2 is 2.00 bits per heavy atom. The van der Waals surface area contributed by atoms with Crippen molar-refractivity contribution in [2.45, 2.75) is 6.92 Å². The average molecular weight is 282 g/mol. The third-order valence-corrected chi connectivity index (χ3v) is 3.07. The zero-order valence-electron chi connectivity index (χ0n) is 11.7. The van der Waals surface area contributed by atoms with Crippen LogP contribution in [0.1, 0.15) is 16.2 Å². The number of nitrogens with zero attached hydrogens (tertiary/aromatic N) is 3. The molecule has 0 unspecified atom stereocenters. The van der Waals surface area contributed by atoms with Crippen molar-refractivity contribution in [2.75, 3.05) is 12.4 Å². The Balaban J connectivity index is 1.88. The number of hydrogen-bond acceptors (Lipinski definition) is 4. The predicted molar refractivity (Wildman–Crippen MR) is 78.7 cm³/mol.